The lowest BCUT2D eigenvalue weighted by Crippen LogP contribution is -2.43. The Balaban J connectivity index is 1.44. The van der Waals surface area contributed by atoms with Crippen LogP contribution in [0.1, 0.15) is 42.7 Å². The molecule has 1 unspecified atom stereocenters. The summed E-state index contributed by atoms with van der Waals surface area (Å²) in [6.45, 7) is 5.45. The van der Waals surface area contributed by atoms with Gasteiger partial charge >= 0.3 is 0 Å². The highest BCUT2D eigenvalue weighted by atomic mass is 16.2. The fraction of sp³-hybridized carbons (Fsp3) is 0.464. The summed E-state index contributed by atoms with van der Waals surface area (Å²) in [5.74, 6) is 3.41. The number of rotatable bonds is 12. The molecule has 1 heterocycles. The van der Waals surface area contributed by atoms with Gasteiger partial charge in [0.1, 0.15) is 0 Å². The molecule has 4 heteroatoms. The molecule has 1 atom stereocenters. The lowest BCUT2D eigenvalue weighted by Gasteiger charge is -2.34. The summed E-state index contributed by atoms with van der Waals surface area (Å²) >= 11 is 0. The number of hydrogen-bond acceptors (Lipinski definition) is 3. The van der Waals surface area contributed by atoms with E-state index < -0.39 is 0 Å². The van der Waals surface area contributed by atoms with Crippen LogP contribution in [0.15, 0.2) is 60.7 Å². The second kappa shape index (κ2) is 13.7. The van der Waals surface area contributed by atoms with Crippen LogP contribution in [0.4, 0.5) is 0 Å². The molecule has 1 amide bonds. The normalized spacial score (nSPS) is 15.3. The van der Waals surface area contributed by atoms with Gasteiger partial charge in [0.25, 0.3) is 0 Å². The van der Waals surface area contributed by atoms with Crippen LogP contribution >= 0.6 is 0 Å². The van der Waals surface area contributed by atoms with Gasteiger partial charge in [-0.05, 0) is 68.8 Å². The number of hydrogen-bond donors (Lipinski definition) is 2. The fourth-order valence-corrected chi connectivity index (χ4v) is 4.43. The Morgan fingerprint density at radius 3 is 2.25 bits per heavy atom. The van der Waals surface area contributed by atoms with Crippen LogP contribution in [-0.2, 0) is 11.2 Å². The molecule has 2 aromatic rings. The number of carbonyl (C=O) groups excluding carboxylic acids is 1. The maximum atomic E-state index is 13.5. The van der Waals surface area contributed by atoms with E-state index in [1.54, 1.807) is 0 Å². The first-order valence-electron chi connectivity index (χ1n) is 12.0. The molecule has 0 aromatic heterocycles. The van der Waals surface area contributed by atoms with Crippen molar-refractivity contribution in [2.75, 3.05) is 39.3 Å². The lowest BCUT2D eigenvalue weighted by atomic mass is 9.89. The van der Waals surface area contributed by atoms with Gasteiger partial charge in [-0.3, -0.25) is 4.79 Å². The summed E-state index contributed by atoms with van der Waals surface area (Å²) in [7, 11) is 0. The van der Waals surface area contributed by atoms with Gasteiger partial charge < -0.3 is 15.5 Å². The molecular formula is C28H37N3O. The Kier molecular flexibility index (Phi) is 10.3. The molecule has 170 valence electrons. The molecule has 0 spiro atoms. The number of unbranched alkanes of at least 4 members (excludes halogenated alkanes) is 1. The van der Waals surface area contributed by atoms with E-state index in [0.29, 0.717) is 12.5 Å². The van der Waals surface area contributed by atoms with Crippen molar-refractivity contribution in [1.29, 1.82) is 0 Å². The van der Waals surface area contributed by atoms with Crippen molar-refractivity contribution >= 4 is 5.91 Å². The molecule has 0 aliphatic carbocycles. The first-order valence-corrected chi connectivity index (χ1v) is 12.0. The highest BCUT2D eigenvalue weighted by Gasteiger charge is 2.29. The van der Waals surface area contributed by atoms with Crippen LogP contribution in [0.5, 0.6) is 0 Å². The molecule has 2 N–H and O–H groups in total. The third-order valence-corrected chi connectivity index (χ3v) is 6.33. The van der Waals surface area contributed by atoms with Crippen LogP contribution in [0.25, 0.3) is 0 Å². The van der Waals surface area contributed by atoms with Gasteiger partial charge in [-0.1, -0.05) is 66.6 Å². The summed E-state index contributed by atoms with van der Waals surface area (Å²) in [5.41, 5.74) is 2.32. The summed E-state index contributed by atoms with van der Waals surface area (Å²) < 4.78 is 0. The highest BCUT2D eigenvalue weighted by molar-refractivity contribution is 5.84. The first-order chi connectivity index (χ1) is 15.8. The van der Waals surface area contributed by atoms with E-state index in [1.807, 2.05) is 36.4 Å². The number of terminal acetylenes is 1. The second-order valence-corrected chi connectivity index (χ2v) is 8.71. The maximum absolute atomic E-state index is 13.5. The van der Waals surface area contributed by atoms with Crippen molar-refractivity contribution in [2.45, 2.75) is 38.0 Å². The third-order valence-electron chi connectivity index (χ3n) is 6.33. The number of piperidine rings is 1. The standard InChI is InChI=1S/C28H37N3O/c1-2-17-29-18-9-10-19-30-23-25-15-20-31(21-16-25)28(32)27(26-13-7-4-8-14-26)22-24-11-5-3-6-12-24/h1,3-8,11-14,25,27,29-30H,9-10,15-23H2. The Hall–Kier alpha value is -2.61. The van der Waals surface area contributed by atoms with Gasteiger partial charge in [0.15, 0.2) is 0 Å². The molecule has 1 aliphatic heterocycles. The van der Waals surface area contributed by atoms with Crippen molar-refractivity contribution < 1.29 is 4.79 Å². The molecule has 1 fully saturated rings. The van der Waals surface area contributed by atoms with Gasteiger partial charge in [0.2, 0.25) is 5.91 Å². The van der Waals surface area contributed by atoms with Crippen molar-refractivity contribution in [3.05, 3.63) is 71.8 Å². The predicted molar refractivity (Wildman–Crippen MR) is 132 cm³/mol. The molecule has 1 aliphatic rings. The van der Waals surface area contributed by atoms with Crippen molar-refractivity contribution in [3.8, 4) is 12.3 Å². The van der Waals surface area contributed by atoms with E-state index in [-0.39, 0.29) is 11.8 Å². The third kappa shape index (κ3) is 7.82. The zero-order valence-corrected chi connectivity index (χ0v) is 19.1. The van der Waals surface area contributed by atoms with E-state index >= 15 is 0 Å². The average Bonchev–Trinajstić information content (AvgIpc) is 2.85. The van der Waals surface area contributed by atoms with Gasteiger partial charge in [-0.2, -0.15) is 0 Å². The highest BCUT2D eigenvalue weighted by Crippen LogP contribution is 2.26. The SMILES string of the molecule is C#CCNCCCCNCC1CCN(C(=O)C(Cc2ccccc2)c2ccccc2)CC1. The molecule has 32 heavy (non-hydrogen) atoms. The van der Waals surface area contributed by atoms with Crippen LogP contribution in [-0.4, -0.2) is 50.1 Å². The molecule has 0 saturated carbocycles. The number of amides is 1. The molecule has 3 rings (SSSR count). The Bertz CT molecular complexity index is 823. The monoisotopic (exact) mass is 431 g/mol. The quantitative estimate of drug-likeness (QED) is 0.396. The van der Waals surface area contributed by atoms with Crippen LogP contribution in [0, 0.1) is 18.3 Å². The Morgan fingerprint density at radius 2 is 1.59 bits per heavy atom. The predicted octanol–water partition coefficient (Wildman–Crippen LogP) is 3.84. The zero-order chi connectivity index (χ0) is 22.4. The molecule has 4 nitrogen and oxygen atoms in total. The Morgan fingerprint density at radius 1 is 0.969 bits per heavy atom. The fourth-order valence-electron chi connectivity index (χ4n) is 4.43. The number of benzene rings is 2. The van der Waals surface area contributed by atoms with Crippen LogP contribution in [0.2, 0.25) is 0 Å². The van der Waals surface area contributed by atoms with Gasteiger partial charge in [0.05, 0.1) is 12.5 Å². The molecule has 0 bridgehead atoms. The van der Waals surface area contributed by atoms with Crippen molar-refractivity contribution in [3.63, 3.8) is 0 Å². The van der Waals surface area contributed by atoms with Crippen LogP contribution < -0.4 is 10.6 Å². The van der Waals surface area contributed by atoms with Gasteiger partial charge in [-0.25, -0.2) is 0 Å². The van der Waals surface area contributed by atoms with E-state index in [9.17, 15) is 4.79 Å². The number of likely N-dealkylation sites (tertiary alicyclic amines) is 1. The van der Waals surface area contributed by atoms with Gasteiger partial charge in [0, 0.05) is 13.1 Å². The summed E-state index contributed by atoms with van der Waals surface area (Å²) in [4.78, 5) is 15.6. The molecule has 0 radical (unpaired) electrons. The second-order valence-electron chi connectivity index (χ2n) is 8.71. The minimum atomic E-state index is -0.114. The minimum absolute atomic E-state index is 0.114. The lowest BCUT2D eigenvalue weighted by molar-refractivity contribution is -0.134. The zero-order valence-electron chi connectivity index (χ0n) is 19.1. The number of nitrogens with one attached hydrogen (secondary N) is 2. The topological polar surface area (TPSA) is 44.4 Å². The molecule has 1 saturated heterocycles. The van der Waals surface area contributed by atoms with Crippen molar-refractivity contribution in [2.24, 2.45) is 5.92 Å². The Labute approximate surface area is 193 Å². The summed E-state index contributed by atoms with van der Waals surface area (Å²) in [6, 6.07) is 20.6. The average molecular weight is 432 g/mol. The van der Waals surface area contributed by atoms with E-state index in [2.05, 4.69) is 45.7 Å². The van der Waals surface area contributed by atoms with Gasteiger partial charge in [-0.15, -0.1) is 6.42 Å². The maximum Gasteiger partial charge on any atom is 0.230 e. The molecular weight excluding hydrogens is 394 g/mol. The largest absolute Gasteiger partial charge is 0.342 e. The van der Waals surface area contributed by atoms with Crippen LogP contribution in [0.3, 0.4) is 0 Å². The van der Waals surface area contributed by atoms with E-state index in [0.717, 1.165) is 70.4 Å². The molecule has 2 aromatic carbocycles. The minimum Gasteiger partial charge on any atom is -0.342 e. The number of carbonyl (C=O) groups is 1. The van der Waals surface area contributed by atoms with E-state index in [4.69, 9.17) is 6.42 Å². The van der Waals surface area contributed by atoms with Crippen molar-refractivity contribution in [1.82, 2.24) is 15.5 Å². The summed E-state index contributed by atoms with van der Waals surface area (Å²) in [5, 5.41) is 6.83. The smallest absolute Gasteiger partial charge is 0.230 e. The summed E-state index contributed by atoms with van der Waals surface area (Å²) in [6.07, 6.45) is 10.4. The first kappa shape index (κ1) is 24.0. The van der Waals surface area contributed by atoms with E-state index in [1.165, 1.54) is 5.56 Å². The number of nitrogens with zero attached hydrogens (tertiary/aromatic N) is 1.